The van der Waals surface area contributed by atoms with Gasteiger partial charge in [-0.15, -0.1) is 0 Å². The molecular formula is C21H29N5O3. The molecule has 2 aliphatic rings. The van der Waals surface area contributed by atoms with Crippen molar-refractivity contribution in [2.45, 2.75) is 44.8 Å². The van der Waals surface area contributed by atoms with Gasteiger partial charge in [-0.25, -0.2) is 4.98 Å². The number of aromatic nitrogens is 3. The molecule has 8 nitrogen and oxygen atoms in total. The summed E-state index contributed by atoms with van der Waals surface area (Å²) in [5, 5.41) is 7.50. The summed E-state index contributed by atoms with van der Waals surface area (Å²) in [6.45, 7) is 7.22. The first kappa shape index (κ1) is 19.8. The van der Waals surface area contributed by atoms with Crippen molar-refractivity contribution in [1.82, 2.24) is 14.8 Å². The minimum atomic E-state index is -0.192. The van der Waals surface area contributed by atoms with Crippen LogP contribution in [0.15, 0.2) is 24.4 Å². The number of morpholine rings is 1. The zero-order valence-electron chi connectivity index (χ0n) is 17.3. The van der Waals surface area contributed by atoms with Gasteiger partial charge in [0.25, 0.3) is 5.91 Å². The Bertz CT molecular complexity index is 835. The molecule has 2 fully saturated rings. The van der Waals surface area contributed by atoms with E-state index in [2.05, 4.69) is 34.1 Å². The molecule has 3 atom stereocenters. The molecule has 0 radical (unpaired) electrons. The van der Waals surface area contributed by atoms with E-state index in [0.717, 1.165) is 44.0 Å². The fraction of sp³-hybridized carbons (Fsp3) is 0.571. The third kappa shape index (κ3) is 4.59. The lowest BCUT2D eigenvalue weighted by Crippen LogP contribution is -2.45. The highest BCUT2D eigenvalue weighted by Crippen LogP contribution is 2.26. The summed E-state index contributed by atoms with van der Waals surface area (Å²) in [5.74, 6) is 1.64. The van der Waals surface area contributed by atoms with E-state index in [1.165, 1.54) is 0 Å². The summed E-state index contributed by atoms with van der Waals surface area (Å²) in [4.78, 5) is 19.4. The molecule has 2 aromatic heterocycles. The van der Waals surface area contributed by atoms with Crippen LogP contribution in [0.1, 0.15) is 48.7 Å². The number of rotatable bonds is 4. The molecule has 0 saturated carbocycles. The number of ether oxygens (including phenoxy) is 2. The fourth-order valence-electron chi connectivity index (χ4n) is 4.04. The van der Waals surface area contributed by atoms with Crippen molar-refractivity contribution < 1.29 is 14.3 Å². The normalized spacial score (nSPS) is 25.1. The Balaban J connectivity index is 1.42. The zero-order valence-corrected chi connectivity index (χ0v) is 17.3. The molecular weight excluding hydrogens is 370 g/mol. The van der Waals surface area contributed by atoms with Crippen molar-refractivity contribution in [2.75, 3.05) is 36.5 Å². The van der Waals surface area contributed by atoms with E-state index in [1.807, 2.05) is 25.2 Å². The standard InChI is InChI=1S/C21H29N5O3/c1-14-11-26(12-15(2)29-14)19-7-6-16(10-22-19)21(27)23-20-9-18(24-25(20)3)17-5-4-8-28-13-17/h6-7,9-10,14-15,17H,4-5,8,11-13H2,1-3H3,(H,23,27). The van der Waals surface area contributed by atoms with Crippen molar-refractivity contribution >= 4 is 17.5 Å². The topological polar surface area (TPSA) is 81.5 Å². The van der Waals surface area contributed by atoms with Crippen molar-refractivity contribution in [1.29, 1.82) is 0 Å². The summed E-state index contributed by atoms with van der Waals surface area (Å²) >= 11 is 0. The second-order valence-corrected chi connectivity index (χ2v) is 8.01. The molecule has 156 valence electrons. The number of amides is 1. The molecule has 4 rings (SSSR count). The van der Waals surface area contributed by atoms with E-state index in [-0.39, 0.29) is 18.1 Å². The predicted octanol–water partition coefficient (Wildman–Crippen LogP) is 2.58. The van der Waals surface area contributed by atoms with Gasteiger partial charge in [-0.2, -0.15) is 5.10 Å². The van der Waals surface area contributed by atoms with Crippen LogP contribution in [0.2, 0.25) is 0 Å². The lowest BCUT2D eigenvalue weighted by Gasteiger charge is -2.36. The van der Waals surface area contributed by atoms with Gasteiger partial charge in [0.05, 0.1) is 30.1 Å². The molecule has 1 N–H and O–H groups in total. The second-order valence-electron chi connectivity index (χ2n) is 8.01. The minimum absolute atomic E-state index is 0.164. The third-order valence-electron chi connectivity index (χ3n) is 5.47. The van der Waals surface area contributed by atoms with Crippen molar-refractivity contribution in [2.24, 2.45) is 7.05 Å². The summed E-state index contributed by atoms with van der Waals surface area (Å²) < 4.78 is 13.0. The van der Waals surface area contributed by atoms with Crippen LogP contribution in [0.4, 0.5) is 11.6 Å². The fourth-order valence-corrected chi connectivity index (χ4v) is 4.04. The Labute approximate surface area is 171 Å². The molecule has 2 aromatic rings. The molecule has 0 bridgehead atoms. The maximum atomic E-state index is 12.7. The number of carbonyl (C=O) groups is 1. The number of hydrogen-bond donors (Lipinski definition) is 1. The monoisotopic (exact) mass is 399 g/mol. The Morgan fingerprint density at radius 1 is 1.24 bits per heavy atom. The summed E-state index contributed by atoms with van der Waals surface area (Å²) in [5.41, 5.74) is 1.48. The maximum Gasteiger partial charge on any atom is 0.258 e. The van der Waals surface area contributed by atoms with Crippen LogP contribution in [0.25, 0.3) is 0 Å². The minimum Gasteiger partial charge on any atom is -0.381 e. The number of anilines is 2. The van der Waals surface area contributed by atoms with Crippen LogP contribution in [0.3, 0.4) is 0 Å². The average molecular weight is 399 g/mol. The number of nitrogens with one attached hydrogen (secondary N) is 1. The van der Waals surface area contributed by atoms with Crippen molar-refractivity contribution in [3.8, 4) is 0 Å². The lowest BCUT2D eigenvalue weighted by atomic mass is 9.99. The van der Waals surface area contributed by atoms with Gasteiger partial charge in [-0.05, 0) is 38.8 Å². The number of carbonyl (C=O) groups excluding carboxylic acids is 1. The molecule has 4 heterocycles. The second kappa shape index (κ2) is 8.51. The van der Waals surface area contributed by atoms with Gasteiger partial charge < -0.3 is 19.7 Å². The first-order chi connectivity index (χ1) is 14.0. The largest absolute Gasteiger partial charge is 0.381 e. The van der Waals surface area contributed by atoms with Gasteiger partial charge in [-0.3, -0.25) is 9.48 Å². The van der Waals surface area contributed by atoms with E-state index < -0.39 is 0 Å². The highest BCUT2D eigenvalue weighted by atomic mass is 16.5. The average Bonchev–Trinajstić information content (AvgIpc) is 3.08. The van der Waals surface area contributed by atoms with Crippen LogP contribution in [0, 0.1) is 0 Å². The Hall–Kier alpha value is -2.45. The molecule has 1 amide bonds. The van der Waals surface area contributed by atoms with E-state index >= 15 is 0 Å². The molecule has 0 aromatic carbocycles. The van der Waals surface area contributed by atoms with Crippen LogP contribution in [-0.2, 0) is 16.5 Å². The molecule has 2 saturated heterocycles. The quantitative estimate of drug-likeness (QED) is 0.851. The molecule has 0 aliphatic carbocycles. The predicted molar refractivity (Wildman–Crippen MR) is 110 cm³/mol. The summed E-state index contributed by atoms with van der Waals surface area (Å²) in [6, 6.07) is 5.65. The van der Waals surface area contributed by atoms with E-state index in [9.17, 15) is 4.79 Å². The van der Waals surface area contributed by atoms with Crippen LogP contribution >= 0.6 is 0 Å². The number of aryl methyl sites for hydroxylation is 1. The van der Waals surface area contributed by atoms with Crippen molar-refractivity contribution in [3.05, 3.63) is 35.7 Å². The maximum absolute atomic E-state index is 12.7. The van der Waals surface area contributed by atoms with Crippen LogP contribution in [0.5, 0.6) is 0 Å². The molecule has 8 heteroatoms. The van der Waals surface area contributed by atoms with Gasteiger partial charge in [0.2, 0.25) is 0 Å². The number of hydrogen-bond acceptors (Lipinski definition) is 6. The van der Waals surface area contributed by atoms with Gasteiger partial charge in [0.15, 0.2) is 0 Å². The van der Waals surface area contributed by atoms with E-state index in [1.54, 1.807) is 10.9 Å². The Morgan fingerprint density at radius 2 is 2.03 bits per heavy atom. The van der Waals surface area contributed by atoms with E-state index in [0.29, 0.717) is 23.9 Å². The van der Waals surface area contributed by atoms with Crippen LogP contribution < -0.4 is 10.2 Å². The van der Waals surface area contributed by atoms with Crippen molar-refractivity contribution in [3.63, 3.8) is 0 Å². The molecule has 2 aliphatic heterocycles. The van der Waals surface area contributed by atoms with Gasteiger partial charge >= 0.3 is 0 Å². The van der Waals surface area contributed by atoms with E-state index in [4.69, 9.17) is 9.47 Å². The molecule has 3 unspecified atom stereocenters. The summed E-state index contributed by atoms with van der Waals surface area (Å²) in [6.07, 6.45) is 4.06. The van der Waals surface area contributed by atoms with Gasteiger partial charge in [0.1, 0.15) is 11.6 Å². The Morgan fingerprint density at radius 3 is 2.69 bits per heavy atom. The molecule has 0 spiro atoms. The highest BCUT2D eigenvalue weighted by molar-refractivity contribution is 6.03. The Kier molecular flexibility index (Phi) is 5.82. The number of pyridine rings is 1. The lowest BCUT2D eigenvalue weighted by molar-refractivity contribution is -0.00546. The van der Waals surface area contributed by atoms with Crippen LogP contribution in [-0.4, -0.2) is 59.2 Å². The highest BCUT2D eigenvalue weighted by Gasteiger charge is 2.24. The van der Waals surface area contributed by atoms with Gasteiger partial charge in [-0.1, -0.05) is 0 Å². The first-order valence-corrected chi connectivity index (χ1v) is 10.3. The van der Waals surface area contributed by atoms with Gasteiger partial charge in [0, 0.05) is 44.9 Å². The first-order valence-electron chi connectivity index (χ1n) is 10.3. The zero-order chi connectivity index (χ0) is 20.4. The number of nitrogens with zero attached hydrogens (tertiary/aromatic N) is 4. The third-order valence-corrected chi connectivity index (χ3v) is 5.47. The SMILES string of the molecule is CC1CN(c2ccc(C(=O)Nc3cc(C4CCCOC4)nn3C)cn2)CC(C)O1. The summed E-state index contributed by atoms with van der Waals surface area (Å²) in [7, 11) is 1.84. The molecule has 29 heavy (non-hydrogen) atoms. The smallest absolute Gasteiger partial charge is 0.258 e.